The molecule has 1 aliphatic carbocycles. The van der Waals surface area contributed by atoms with E-state index in [-0.39, 0.29) is 0 Å². The normalized spacial score (nSPS) is 23.9. The van der Waals surface area contributed by atoms with Crippen LogP contribution in [-0.4, -0.2) is 27.7 Å². The van der Waals surface area contributed by atoms with Gasteiger partial charge in [-0.05, 0) is 38.0 Å². The average Bonchev–Trinajstić information content (AvgIpc) is 2.42. The van der Waals surface area contributed by atoms with Crippen LogP contribution in [0.1, 0.15) is 38.3 Å². The summed E-state index contributed by atoms with van der Waals surface area (Å²) >= 11 is 6.26. The molecule has 18 heavy (non-hydrogen) atoms. The predicted octanol–water partition coefficient (Wildman–Crippen LogP) is 2.66. The Balaban J connectivity index is 1.98. The second-order valence-electron chi connectivity index (χ2n) is 4.88. The van der Waals surface area contributed by atoms with Gasteiger partial charge in [-0.1, -0.05) is 18.5 Å². The Morgan fingerprint density at radius 2 is 2.06 bits per heavy atom. The number of anilines is 1. The van der Waals surface area contributed by atoms with Gasteiger partial charge in [0.05, 0.1) is 5.69 Å². The molecule has 0 atom stereocenters. The van der Waals surface area contributed by atoms with E-state index < -0.39 is 0 Å². The quantitative estimate of drug-likeness (QED) is 0.882. The van der Waals surface area contributed by atoms with Crippen molar-refractivity contribution >= 4 is 17.4 Å². The number of hydrogen-bond acceptors (Lipinski definition) is 4. The highest BCUT2D eigenvalue weighted by atomic mass is 35.5. The zero-order chi connectivity index (χ0) is 13.0. The Morgan fingerprint density at radius 1 is 1.33 bits per heavy atom. The van der Waals surface area contributed by atoms with E-state index in [0.29, 0.717) is 23.6 Å². The number of hydrogen-bond donors (Lipinski definition) is 2. The van der Waals surface area contributed by atoms with Crippen molar-refractivity contribution in [2.75, 3.05) is 11.9 Å². The van der Waals surface area contributed by atoms with Crippen molar-refractivity contribution in [2.24, 2.45) is 5.92 Å². The van der Waals surface area contributed by atoms with Gasteiger partial charge in [-0.2, -0.15) is 0 Å². The van der Waals surface area contributed by atoms with E-state index in [0.717, 1.165) is 43.6 Å². The monoisotopic (exact) mass is 269 g/mol. The van der Waals surface area contributed by atoms with Gasteiger partial charge in [0.1, 0.15) is 17.2 Å². The predicted molar refractivity (Wildman–Crippen MR) is 72.9 cm³/mol. The van der Waals surface area contributed by atoms with Crippen molar-refractivity contribution < 1.29 is 5.11 Å². The fraction of sp³-hybridized carbons (Fsp3) is 0.692. The van der Waals surface area contributed by atoms with E-state index in [4.69, 9.17) is 16.7 Å². The first kappa shape index (κ1) is 13.6. The van der Waals surface area contributed by atoms with Crippen LogP contribution < -0.4 is 5.32 Å². The molecule has 100 valence electrons. The lowest BCUT2D eigenvalue weighted by atomic mass is 9.86. The van der Waals surface area contributed by atoms with E-state index in [1.807, 2.05) is 6.92 Å². The number of nitrogens with zero attached hydrogens (tertiary/aromatic N) is 2. The third kappa shape index (κ3) is 3.12. The summed E-state index contributed by atoms with van der Waals surface area (Å²) in [5.74, 6) is 1.21. The Hall–Kier alpha value is -0.870. The van der Waals surface area contributed by atoms with Gasteiger partial charge < -0.3 is 10.4 Å². The third-order valence-corrected chi connectivity index (χ3v) is 4.04. The molecule has 0 radical (unpaired) electrons. The fourth-order valence-electron chi connectivity index (χ4n) is 2.44. The smallest absolute Gasteiger partial charge is 0.148 e. The Labute approximate surface area is 113 Å². The van der Waals surface area contributed by atoms with Crippen molar-refractivity contribution in [1.82, 2.24) is 9.97 Å². The van der Waals surface area contributed by atoms with Gasteiger partial charge in [0.25, 0.3) is 0 Å². The molecule has 1 saturated carbocycles. The largest absolute Gasteiger partial charge is 0.396 e. The highest BCUT2D eigenvalue weighted by Gasteiger charge is 2.21. The minimum Gasteiger partial charge on any atom is -0.396 e. The highest BCUT2D eigenvalue weighted by Crippen LogP contribution is 2.28. The molecule has 0 bridgehead atoms. The molecule has 4 nitrogen and oxygen atoms in total. The molecule has 1 aliphatic rings. The standard InChI is InChI=1S/C13H20ClN3O/c1-2-11-12(14)13(16-8-15-11)17-10-5-3-9(7-18)4-6-10/h8-10,18H,2-7H2,1H3,(H,15,16,17). The molecule has 1 aromatic heterocycles. The van der Waals surface area contributed by atoms with Crippen molar-refractivity contribution in [3.05, 3.63) is 17.0 Å². The van der Waals surface area contributed by atoms with Crippen LogP contribution in [0.15, 0.2) is 6.33 Å². The molecule has 0 saturated heterocycles. The molecule has 1 heterocycles. The Bertz CT molecular complexity index is 392. The minimum absolute atomic E-state index is 0.307. The van der Waals surface area contributed by atoms with Crippen molar-refractivity contribution in [3.63, 3.8) is 0 Å². The van der Waals surface area contributed by atoms with Crippen LogP contribution >= 0.6 is 11.6 Å². The van der Waals surface area contributed by atoms with Gasteiger partial charge in [-0.25, -0.2) is 9.97 Å². The molecule has 0 unspecified atom stereocenters. The van der Waals surface area contributed by atoms with Gasteiger partial charge in [-0.15, -0.1) is 0 Å². The summed E-state index contributed by atoms with van der Waals surface area (Å²) in [5.41, 5.74) is 0.887. The maximum atomic E-state index is 9.12. The number of halogens is 1. The summed E-state index contributed by atoms with van der Waals surface area (Å²) in [6, 6.07) is 0.407. The summed E-state index contributed by atoms with van der Waals surface area (Å²) < 4.78 is 0. The van der Waals surface area contributed by atoms with Gasteiger partial charge in [0.15, 0.2) is 0 Å². The van der Waals surface area contributed by atoms with Crippen LogP contribution in [0.2, 0.25) is 5.02 Å². The third-order valence-electron chi connectivity index (χ3n) is 3.64. The van der Waals surface area contributed by atoms with Crippen LogP contribution in [0.3, 0.4) is 0 Å². The number of rotatable bonds is 4. The van der Waals surface area contributed by atoms with Crippen LogP contribution in [0, 0.1) is 5.92 Å². The van der Waals surface area contributed by atoms with Crippen molar-refractivity contribution in [1.29, 1.82) is 0 Å². The van der Waals surface area contributed by atoms with Gasteiger partial charge >= 0.3 is 0 Å². The van der Waals surface area contributed by atoms with E-state index in [2.05, 4.69) is 15.3 Å². The minimum atomic E-state index is 0.307. The number of aryl methyl sites for hydroxylation is 1. The molecule has 5 heteroatoms. The lowest BCUT2D eigenvalue weighted by Crippen LogP contribution is -2.28. The van der Waals surface area contributed by atoms with Crippen molar-refractivity contribution in [3.8, 4) is 0 Å². The fourth-order valence-corrected chi connectivity index (χ4v) is 2.72. The van der Waals surface area contributed by atoms with Crippen LogP contribution in [0.25, 0.3) is 0 Å². The van der Waals surface area contributed by atoms with Gasteiger partial charge in [-0.3, -0.25) is 0 Å². The molecule has 0 aromatic carbocycles. The molecule has 2 N–H and O–H groups in total. The summed E-state index contributed by atoms with van der Waals surface area (Å²) in [5, 5.41) is 13.2. The van der Waals surface area contributed by atoms with Gasteiger partial charge in [0, 0.05) is 12.6 Å². The molecule has 0 amide bonds. The first-order valence-electron chi connectivity index (χ1n) is 6.61. The second kappa shape index (κ2) is 6.34. The molecule has 0 spiro atoms. The van der Waals surface area contributed by atoms with Gasteiger partial charge in [0.2, 0.25) is 0 Å². The van der Waals surface area contributed by atoms with E-state index in [9.17, 15) is 0 Å². The summed E-state index contributed by atoms with van der Waals surface area (Å²) in [6.07, 6.45) is 6.63. The van der Waals surface area contributed by atoms with Crippen LogP contribution in [0.5, 0.6) is 0 Å². The Morgan fingerprint density at radius 3 is 2.67 bits per heavy atom. The van der Waals surface area contributed by atoms with E-state index >= 15 is 0 Å². The first-order valence-corrected chi connectivity index (χ1v) is 6.99. The lowest BCUT2D eigenvalue weighted by molar-refractivity contribution is 0.185. The lowest BCUT2D eigenvalue weighted by Gasteiger charge is -2.28. The number of aliphatic hydroxyl groups is 1. The zero-order valence-corrected chi connectivity index (χ0v) is 11.5. The molecular formula is C13H20ClN3O. The van der Waals surface area contributed by atoms with Crippen LogP contribution in [-0.2, 0) is 6.42 Å². The number of aliphatic hydroxyl groups excluding tert-OH is 1. The number of aromatic nitrogens is 2. The maximum Gasteiger partial charge on any atom is 0.148 e. The topological polar surface area (TPSA) is 58.0 Å². The maximum absolute atomic E-state index is 9.12. The van der Waals surface area contributed by atoms with E-state index in [1.165, 1.54) is 0 Å². The molecule has 0 aliphatic heterocycles. The summed E-state index contributed by atoms with van der Waals surface area (Å²) in [4.78, 5) is 8.38. The van der Waals surface area contributed by atoms with Crippen LogP contribution in [0.4, 0.5) is 5.82 Å². The summed E-state index contributed by atoms with van der Waals surface area (Å²) in [6.45, 7) is 2.34. The SMILES string of the molecule is CCc1ncnc(NC2CCC(CO)CC2)c1Cl. The molecule has 2 rings (SSSR count). The summed E-state index contributed by atoms with van der Waals surface area (Å²) in [7, 11) is 0. The number of nitrogens with one attached hydrogen (secondary N) is 1. The molecule has 1 aromatic rings. The first-order chi connectivity index (χ1) is 8.74. The highest BCUT2D eigenvalue weighted by molar-refractivity contribution is 6.33. The Kier molecular flexibility index (Phi) is 4.78. The molecule has 1 fully saturated rings. The second-order valence-corrected chi connectivity index (χ2v) is 5.26. The molecular weight excluding hydrogens is 250 g/mol. The van der Waals surface area contributed by atoms with E-state index in [1.54, 1.807) is 6.33 Å². The average molecular weight is 270 g/mol. The van der Waals surface area contributed by atoms with Crippen molar-refractivity contribution in [2.45, 2.75) is 45.1 Å². The zero-order valence-electron chi connectivity index (χ0n) is 10.7.